The van der Waals surface area contributed by atoms with Crippen molar-refractivity contribution in [2.75, 3.05) is 5.75 Å². The van der Waals surface area contributed by atoms with E-state index in [0.29, 0.717) is 10.2 Å². The molecule has 0 atom stereocenters. The molecule has 0 bridgehead atoms. The average molecular weight is 325 g/mol. The van der Waals surface area contributed by atoms with Crippen molar-refractivity contribution in [1.82, 2.24) is 15.5 Å². The Hall–Kier alpha value is -1.32. The summed E-state index contributed by atoms with van der Waals surface area (Å²) in [6, 6.07) is 5.66. The Morgan fingerprint density at radius 3 is 2.62 bits per heavy atom. The third-order valence-electron chi connectivity index (χ3n) is 3.51. The molecule has 0 saturated heterocycles. The van der Waals surface area contributed by atoms with E-state index in [0.717, 1.165) is 38.5 Å². The molecule has 1 heterocycles. The number of hydrogen-bond donors (Lipinski definition) is 1. The van der Waals surface area contributed by atoms with Crippen molar-refractivity contribution >= 4 is 29.3 Å². The van der Waals surface area contributed by atoms with Crippen molar-refractivity contribution in [1.29, 1.82) is 5.26 Å². The van der Waals surface area contributed by atoms with Crippen molar-refractivity contribution in [3.05, 3.63) is 17.3 Å². The molecular weight excluding hydrogens is 308 g/mol. The van der Waals surface area contributed by atoms with E-state index >= 15 is 0 Å². The van der Waals surface area contributed by atoms with Gasteiger partial charge in [0.1, 0.15) is 10.6 Å². The van der Waals surface area contributed by atoms with E-state index < -0.39 is 5.54 Å². The van der Waals surface area contributed by atoms with Crippen molar-refractivity contribution in [3.8, 4) is 6.07 Å². The lowest BCUT2D eigenvalue weighted by atomic mass is 9.92. The lowest BCUT2D eigenvalue weighted by molar-refractivity contribution is -0.120. The molecule has 1 aromatic heterocycles. The first-order valence-electron chi connectivity index (χ1n) is 6.98. The lowest BCUT2D eigenvalue weighted by Crippen LogP contribution is -2.47. The van der Waals surface area contributed by atoms with Gasteiger partial charge in [-0.25, -0.2) is 0 Å². The van der Waals surface area contributed by atoms with Gasteiger partial charge in [0.15, 0.2) is 5.15 Å². The lowest BCUT2D eigenvalue weighted by Gasteiger charge is -2.26. The zero-order valence-electron chi connectivity index (χ0n) is 11.6. The summed E-state index contributed by atoms with van der Waals surface area (Å²) >= 11 is 6.94. The van der Waals surface area contributed by atoms with Gasteiger partial charge in [0, 0.05) is 0 Å². The number of carbonyl (C=O) groups excluding carboxylic acids is 1. The quantitative estimate of drug-likeness (QED) is 0.680. The van der Waals surface area contributed by atoms with Gasteiger partial charge in [0.05, 0.1) is 11.8 Å². The van der Waals surface area contributed by atoms with Crippen LogP contribution in [0.3, 0.4) is 0 Å². The predicted molar refractivity (Wildman–Crippen MR) is 82.0 cm³/mol. The SMILES string of the molecule is N#CC1(NC(=O)CSc2ccc(Cl)nn2)CCCCCC1. The molecule has 0 spiro atoms. The van der Waals surface area contributed by atoms with Crippen molar-refractivity contribution < 1.29 is 4.79 Å². The van der Waals surface area contributed by atoms with Crippen LogP contribution in [-0.2, 0) is 4.79 Å². The molecule has 1 N–H and O–H groups in total. The number of nitriles is 1. The van der Waals surface area contributed by atoms with E-state index in [1.54, 1.807) is 12.1 Å². The summed E-state index contributed by atoms with van der Waals surface area (Å²) in [5.41, 5.74) is -0.695. The Kier molecular flexibility index (Phi) is 5.83. The molecule has 1 aromatic rings. The maximum absolute atomic E-state index is 12.1. The minimum absolute atomic E-state index is 0.139. The van der Waals surface area contributed by atoms with E-state index in [2.05, 4.69) is 21.6 Å². The molecule has 1 fully saturated rings. The number of thioether (sulfide) groups is 1. The van der Waals surface area contributed by atoms with Crippen LogP contribution in [0.15, 0.2) is 17.2 Å². The highest BCUT2D eigenvalue weighted by Gasteiger charge is 2.32. The van der Waals surface area contributed by atoms with Gasteiger partial charge in [-0.1, -0.05) is 49.0 Å². The molecular formula is C14H17ClN4OS. The first-order valence-corrected chi connectivity index (χ1v) is 8.34. The predicted octanol–water partition coefficient (Wildman–Crippen LogP) is 2.95. The van der Waals surface area contributed by atoms with Gasteiger partial charge in [0.25, 0.3) is 0 Å². The largest absolute Gasteiger partial charge is 0.337 e. The minimum Gasteiger partial charge on any atom is -0.337 e. The number of carbonyl (C=O) groups is 1. The molecule has 7 heteroatoms. The maximum atomic E-state index is 12.1. The Morgan fingerprint density at radius 1 is 1.33 bits per heavy atom. The molecule has 0 unspecified atom stereocenters. The van der Waals surface area contributed by atoms with Crippen LogP contribution < -0.4 is 5.32 Å². The topological polar surface area (TPSA) is 78.7 Å². The van der Waals surface area contributed by atoms with Crippen LogP contribution in [0.25, 0.3) is 0 Å². The fourth-order valence-electron chi connectivity index (χ4n) is 2.42. The Bertz CT molecular complexity index is 521. The third-order valence-corrected chi connectivity index (χ3v) is 4.63. The van der Waals surface area contributed by atoms with E-state index in [9.17, 15) is 10.1 Å². The first-order chi connectivity index (χ1) is 10.1. The van der Waals surface area contributed by atoms with Crippen molar-refractivity contribution in [2.45, 2.75) is 49.1 Å². The number of nitrogens with one attached hydrogen (secondary N) is 1. The summed E-state index contributed by atoms with van der Waals surface area (Å²) in [5, 5.41) is 20.9. The van der Waals surface area contributed by atoms with E-state index in [-0.39, 0.29) is 11.7 Å². The smallest absolute Gasteiger partial charge is 0.231 e. The van der Waals surface area contributed by atoms with Crippen molar-refractivity contribution in [3.63, 3.8) is 0 Å². The summed E-state index contributed by atoms with van der Waals surface area (Å²) in [7, 11) is 0. The monoisotopic (exact) mass is 324 g/mol. The molecule has 1 aliphatic rings. The van der Waals surface area contributed by atoms with Gasteiger partial charge in [-0.15, -0.1) is 10.2 Å². The van der Waals surface area contributed by atoms with E-state index in [1.165, 1.54) is 11.8 Å². The number of aromatic nitrogens is 2. The molecule has 1 amide bonds. The fraction of sp³-hybridized carbons (Fsp3) is 0.571. The van der Waals surface area contributed by atoms with Crippen LogP contribution in [0.2, 0.25) is 5.15 Å². The van der Waals surface area contributed by atoms with Crippen LogP contribution in [-0.4, -0.2) is 27.4 Å². The number of nitrogens with zero attached hydrogens (tertiary/aromatic N) is 3. The molecule has 1 aliphatic carbocycles. The fourth-order valence-corrected chi connectivity index (χ4v) is 3.13. The third kappa shape index (κ3) is 4.87. The van der Waals surface area contributed by atoms with Gasteiger partial charge >= 0.3 is 0 Å². The highest BCUT2D eigenvalue weighted by Crippen LogP contribution is 2.27. The summed E-state index contributed by atoms with van der Waals surface area (Å²) < 4.78 is 0. The number of amides is 1. The second kappa shape index (κ2) is 7.62. The Balaban J connectivity index is 1.88. The van der Waals surface area contributed by atoms with Crippen LogP contribution >= 0.6 is 23.4 Å². The van der Waals surface area contributed by atoms with Crippen LogP contribution in [0.5, 0.6) is 0 Å². The molecule has 2 rings (SSSR count). The Morgan fingerprint density at radius 2 is 2.05 bits per heavy atom. The van der Waals surface area contributed by atoms with Crippen LogP contribution in [0.4, 0.5) is 0 Å². The van der Waals surface area contributed by atoms with Gasteiger partial charge in [-0.2, -0.15) is 5.26 Å². The Labute approximate surface area is 133 Å². The number of rotatable bonds is 4. The summed E-state index contributed by atoms with van der Waals surface area (Å²) in [6.07, 6.45) is 5.72. The summed E-state index contributed by atoms with van der Waals surface area (Å²) in [5.74, 6) is 0.0833. The zero-order valence-corrected chi connectivity index (χ0v) is 13.2. The first kappa shape index (κ1) is 16.1. The van der Waals surface area contributed by atoms with Gasteiger partial charge in [0.2, 0.25) is 5.91 Å². The summed E-state index contributed by atoms with van der Waals surface area (Å²) in [4.78, 5) is 12.1. The molecule has 0 aromatic carbocycles. The van der Waals surface area contributed by atoms with Gasteiger partial charge in [-0.05, 0) is 25.0 Å². The average Bonchev–Trinajstić information content (AvgIpc) is 2.73. The highest BCUT2D eigenvalue weighted by molar-refractivity contribution is 7.99. The van der Waals surface area contributed by atoms with Gasteiger partial charge < -0.3 is 5.32 Å². The van der Waals surface area contributed by atoms with Crippen molar-refractivity contribution in [2.24, 2.45) is 0 Å². The van der Waals surface area contributed by atoms with Crippen LogP contribution in [0, 0.1) is 11.3 Å². The summed E-state index contributed by atoms with van der Waals surface area (Å²) in [6.45, 7) is 0. The van der Waals surface area contributed by atoms with E-state index in [4.69, 9.17) is 11.6 Å². The normalized spacial score (nSPS) is 17.5. The highest BCUT2D eigenvalue weighted by atomic mass is 35.5. The van der Waals surface area contributed by atoms with Crippen LogP contribution in [0.1, 0.15) is 38.5 Å². The number of halogens is 1. The standard InChI is InChI=1S/C14H17ClN4OS/c15-11-5-6-13(19-18-11)21-9-12(20)17-14(10-16)7-3-1-2-4-8-14/h5-6H,1-4,7-9H2,(H,17,20). The van der Waals surface area contributed by atoms with E-state index in [1.807, 2.05) is 0 Å². The van der Waals surface area contributed by atoms with Gasteiger partial charge in [-0.3, -0.25) is 4.79 Å². The minimum atomic E-state index is -0.695. The zero-order chi connectivity index (χ0) is 15.1. The molecule has 21 heavy (non-hydrogen) atoms. The molecule has 112 valence electrons. The number of hydrogen-bond acceptors (Lipinski definition) is 5. The second-order valence-electron chi connectivity index (χ2n) is 5.14. The molecule has 5 nitrogen and oxygen atoms in total. The molecule has 0 aliphatic heterocycles. The molecule has 0 radical (unpaired) electrons. The maximum Gasteiger partial charge on any atom is 0.231 e. The second-order valence-corrected chi connectivity index (χ2v) is 6.52. The molecule has 1 saturated carbocycles.